The third kappa shape index (κ3) is 3.63. The number of aryl methyl sites for hydroxylation is 2. The third-order valence-electron chi connectivity index (χ3n) is 3.00. The first-order chi connectivity index (χ1) is 10.5. The maximum atomic E-state index is 12.2. The van der Waals surface area contributed by atoms with Gasteiger partial charge in [-0.25, -0.2) is 0 Å². The van der Waals surface area contributed by atoms with Gasteiger partial charge in [-0.2, -0.15) is 0 Å². The molecular weight excluding hydrogens is 286 g/mol. The number of hydrogen-bond acceptors (Lipinski definition) is 5. The highest BCUT2D eigenvalue weighted by Crippen LogP contribution is 2.19. The van der Waals surface area contributed by atoms with Crippen molar-refractivity contribution in [3.8, 4) is 5.75 Å². The average molecular weight is 303 g/mol. The maximum Gasteiger partial charge on any atom is 0.261 e. The van der Waals surface area contributed by atoms with Crippen molar-refractivity contribution in [1.29, 1.82) is 0 Å². The van der Waals surface area contributed by atoms with E-state index in [1.165, 1.54) is 7.05 Å². The molecule has 0 bridgehead atoms. The van der Waals surface area contributed by atoms with E-state index in [1.54, 1.807) is 38.1 Å². The zero-order chi connectivity index (χ0) is 16.1. The molecular formula is C15H17N3O4. The van der Waals surface area contributed by atoms with Gasteiger partial charge in [-0.1, -0.05) is 11.2 Å². The first-order valence-electron chi connectivity index (χ1n) is 6.69. The number of nitrogens with one attached hydrogen (secondary N) is 2. The van der Waals surface area contributed by atoms with Crippen LogP contribution in [-0.4, -0.2) is 30.6 Å². The van der Waals surface area contributed by atoms with Crippen LogP contribution in [0.5, 0.6) is 5.75 Å². The second kappa shape index (κ2) is 6.75. The third-order valence-corrected chi connectivity index (χ3v) is 3.00. The molecule has 0 saturated heterocycles. The molecule has 1 heterocycles. The number of aromatic nitrogens is 1. The molecule has 2 amide bonds. The van der Waals surface area contributed by atoms with Gasteiger partial charge in [-0.15, -0.1) is 0 Å². The van der Waals surface area contributed by atoms with E-state index in [-0.39, 0.29) is 18.4 Å². The molecule has 0 radical (unpaired) electrons. The number of carbonyl (C=O) groups excluding carboxylic acids is 2. The quantitative estimate of drug-likeness (QED) is 0.876. The molecule has 0 aliphatic rings. The SMILES string of the molecule is CNC(=O)COc1cccc(NC(=O)c2c(C)noc2C)c1. The molecule has 1 aromatic carbocycles. The van der Waals surface area contributed by atoms with Crippen LogP contribution in [0.25, 0.3) is 0 Å². The molecule has 7 nitrogen and oxygen atoms in total. The van der Waals surface area contributed by atoms with E-state index in [9.17, 15) is 9.59 Å². The summed E-state index contributed by atoms with van der Waals surface area (Å²) in [7, 11) is 1.53. The van der Waals surface area contributed by atoms with Gasteiger partial charge in [-0.05, 0) is 26.0 Å². The zero-order valence-corrected chi connectivity index (χ0v) is 12.6. The molecule has 2 N–H and O–H groups in total. The summed E-state index contributed by atoms with van der Waals surface area (Å²) in [6.45, 7) is 3.30. The normalized spacial score (nSPS) is 10.1. The van der Waals surface area contributed by atoms with Crippen molar-refractivity contribution in [1.82, 2.24) is 10.5 Å². The fourth-order valence-electron chi connectivity index (χ4n) is 1.89. The average Bonchev–Trinajstić information content (AvgIpc) is 2.84. The summed E-state index contributed by atoms with van der Waals surface area (Å²) in [6, 6.07) is 6.79. The minimum absolute atomic E-state index is 0.0855. The van der Waals surface area contributed by atoms with Crippen molar-refractivity contribution >= 4 is 17.5 Å². The number of benzene rings is 1. The Labute approximate surface area is 127 Å². The van der Waals surface area contributed by atoms with Gasteiger partial charge in [0.15, 0.2) is 6.61 Å². The number of nitrogens with zero attached hydrogens (tertiary/aromatic N) is 1. The molecule has 1 aromatic heterocycles. The summed E-state index contributed by atoms with van der Waals surface area (Å²) < 4.78 is 10.3. The zero-order valence-electron chi connectivity index (χ0n) is 12.6. The van der Waals surface area contributed by atoms with Crippen LogP contribution in [0, 0.1) is 13.8 Å². The fourth-order valence-corrected chi connectivity index (χ4v) is 1.89. The number of amides is 2. The first-order valence-corrected chi connectivity index (χ1v) is 6.69. The Morgan fingerprint density at radius 1 is 1.32 bits per heavy atom. The van der Waals surface area contributed by atoms with Crippen molar-refractivity contribution in [2.45, 2.75) is 13.8 Å². The van der Waals surface area contributed by atoms with Gasteiger partial charge in [-0.3, -0.25) is 9.59 Å². The van der Waals surface area contributed by atoms with Crippen LogP contribution in [0.15, 0.2) is 28.8 Å². The Morgan fingerprint density at radius 2 is 2.09 bits per heavy atom. The molecule has 0 aliphatic heterocycles. The van der Waals surface area contributed by atoms with Crippen LogP contribution in [-0.2, 0) is 4.79 Å². The number of carbonyl (C=O) groups is 2. The predicted octanol–water partition coefficient (Wildman–Crippen LogP) is 1.67. The van der Waals surface area contributed by atoms with E-state index in [1.807, 2.05) is 0 Å². The Balaban J connectivity index is 2.07. The molecule has 2 rings (SSSR count). The second-order valence-electron chi connectivity index (χ2n) is 4.64. The molecule has 0 atom stereocenters. The number of ether oxygens (including phenoxy) is 1. The second-order valence-corrected chi connectivity index (χ2v) is 4.64. The van der Waals surface area contributed by atoms with Crippen LogP contribution in [0.4, 0.5) is 5.69 Å². The molecule has 116 valence electrons. The lowest BCUT2D eigenvalue weighted by atomic mass is 10.2. The summed E-state index contributed by atoms with van der Waals surface area (Å²) in [6.07, 6.45) is 0. The van der Waals surface area contributed by atoms with Crippen LogP contribution < -0.4 is 15.4 Å². The summed E-state index contributed by atoms with van der Waals surface area (Å²) in [5.41, 5.74) is 1.50. The van der Waals surface area contributed by atoms with Crippen LogP contribution >= 0.6 is 0 Å². The Hall–Kier alpha value is -2.83. The highest BCUT2D eigenvalue weighted by atomic mass is 16.5. The van der Waals surface area contributed by atoms with E-state index in [2.05, 4.69) is 15.8 Å². The van der Waals surface area contributed by atoms with Gasteiger partial charge >= 0.3 is 0 Å². The number of hydrogen-bond donors (Lipinski definition) is 2. The van der Waals surface area contributed by atoms with Crippen LogP contribution in [0.1, 0.15) is 21.8 Å². The lowest BCUT2D eigenvalue weighted by molar-refractivity contribution is -0.122. The van der Waals surface area contributed by atoms with Crippen molar-refractivity contribution < 1.29 is 18.8 Å². The molecule has 7 heteroatoms. The van der Waals surface area contributed by atoms with Crippen molar-refractivity contribution in [2.75, 3.05) is 19.0 Å². The van der Waals surface area contributed by atoms with Crippen LogP contribution in [0.3, 0.4) is 0 Å². The van der Waals surface area contributed by atoms with E-state index >= 15 is 0 Å². The van der Waals surface area contributed by atoms with E-state index in [0.717, 1.165) is 0 Å². The molecule has 0 aliphatic carbocycles. The summed E-state index contributed by atoms with van der Waals surface area (Å²) >= 11 is 0. The molecule has 2 aromatic rings. The highest BCUT2D eigenvalue weighted by molar-refractivity contribution is 6.05. The highest BCUT2D eigenvalue weighted by Gasteiger charge is 2.17. The lowest BCUT2D eigenvalue weighted by Crippen LogP contribution is -2.24. The van der Waals surface area contributed by atoms with Crippen molar-refractivity contribution in [3.05, 3.63) is 41.3 Å². The smallest absolute Gasteiger partial charge is 0.261 e. The largest absolute Gasteiger partial charge is 0.484 e. The fraction of sp³-hybridized carbons (Fsp3) is 0.267. The van der Waals surface area contributed by atoms with E-state index in [4.69, 9.17) is 9.26 Å². The maximum absolute atomic E-state index is 12.2. The molecule has 0 saturated carbocycles. The van der Waals surface area contributed by atoms with Gasteiger partial charge < -0.3 is 19.9 Å². The van der Waals surface area contributed by atoms with Gasteiger partial charge in [0.05, 0.1) is 5.69 Å². The minimum atomic E-state index is -0.306. The lowest BCUT2D eigenvalue weighted by Gasteiger charge is -2.08. The van der Waals surface area contributed by atoms with Gasteiger partial charge in [0, 0.05) is 18.8 Å². The molecule has 22 heavy (non-hydrogen) atoms. The Morgan fingerprint density at radius 3 is 2.73 bits per heavy atom. The first kappa shape index (κ1) is 15.6. The molecule has 0 unspecified atom stereocenters. The number of anilines is 1. The van der Waals surface area contributed by atoms with Crippen molar-refractivity contribution in [3.63, 3.8) is 0 Å². The van der Waals surface area contributed by atoms with Crippen molar-refractivity contribution in [2.24, 2.45) is 0 Å². The van der Waals surface area contributed by atoms with Crippen LogP contribution in [0.2, 0.25) is 0 Å². The Bertz CT molecular complexity index is 674. The molecule has 0 fully saturated rings. The van der Waals surface area contributed by atoms with Gasteiger partial charge in [0.2, 0.25) is 0 Å². The summed E-state index contributed by atoms with van der Waals surface area (Å²) in [4.78, 5) is 23.4. The summed E-state index contributed by atoms with van der Waals surface area (Å²) in [5, 5.41) is 8.96. The topological polar surface area (TPSA) is 93.5 Å². The molecule has 0 spiro atoms. The Kier molecular flexibility index (Phi) is 4.77. The van der Waals surface area contributed by atoms with E-state index < -0.39 is 0 Å². The van der Waals surface area contributed by atoms with Gasteiger partial charge in [0.1, 0.15) is 17.1 Å². The van der Waals surface area contributed by atoms with Gasteiger partial charge in [0.25, 0.3) is 11.8 Å². The standard InChI is InChI=1S/C15H17N3O4/c1-9-14(10(2)22-18-9)15(20)17-11-5-4-6-12(7-11)21-8-13(19)16-3/h4-7H,8H2,1-3H3,(H,16,19)(H,17,20). The predicted molar refractivity (Wildman–Crippen MR) is 79.9 cm³/mol. The minimum Gasteiger partial charge on any atom is -0.484 e. The number of rotatable bonds is 5. The van der Waals surface area contributed by atoms with E-state index in [0.29, 0.717) is 28.5 Å². The monoisotopic (exact) mass is 303 g/mol. The number of likely N-dealkylation sites (N-methyl/N-ethyl adjacent to an activating group) is 1. The summed E-state index contributed by atoms with van der Waals surface area (Å²) in [5.74, 6) is 0.409.